The van der Waals surface area contributed by atoms with Crippen molar-refractivity contribution in [2.45, 2.75) is 58.9 Å². The van der Waals surface area contributed by atoms with Crippen molar-refractivity contribution in [2.24, 2.45) is 11.1 Å². The quantitative estimate of drug-likeness (QED) is 0.829. The average molecular weight is 309 g/mol. The molecular weight excluding hydrogens is 280 g/mol. The summed E-state index contributed by atoms with van der Waals surface area (Å²) < 4.78 is 0. The van der Waals surface area contributed by atoms with Gasteiger partial charge in [0.1, 0.15) is 0 Å². The third kappa shape index (κ3) is 3.73. The van der Waals surface area contributed by atoms with Crippen LogP contribution in [-0.2, 0) is 6.42 Å². The van der Waals surface area contributed by atoms with Gasteiger partial charge < -0.3 is 10.6 Å². The smallest absolute Gasteiger partial charge is 0.0426 e. The van der Waals surface area contributed by atoms with Gasteiger partial charge >= 0.3 is 0 Å². The van der Waals surface area contributed by atoms with Gasteiger partial charge in [-0.25, -0.2) is 0 Å². The Morgan fingerprint density at radius 1 is 1.29 bits per heavy atom. The van der Waals surface area contributed by atoms with Crippen molar-refractivity contribution in [3.8, 4) is 0 Å². The van der Waals surface area contributed by atoms with Crippen LogP contribution in [0.25, 0.3) is 0 Å². The van der Waals surface area contributed by atoms with E-state index in [0.717, 1.165) is 31.0 Å². The fourth-order valence-corrected chi connectivity index (χ4v) is 3.57. The molecule has 1 aliphatic rings. The van der Waals surface area contributed by atoms with E-state index in [-0.39, 0.29) is 6.04 Å². The van der Waals surface area contributed by atoms with Crippen LogP contribution in [0.2, 0.25) is 5.02 Å². The molecule has 1 fully saturated rings. The van der Waals surface area contributed by atoms with E-state index in [2.05, 4.69) is 37.8 Å². The molecule has 1 saturated heterocycles. The molecule has 21 heavy (non-hydrogen) atoms. The van der Waals surface area contributed by atoms with Gasteiger partial charge in [0.05, 0.1) is 0 Å². The number of nitrogens with two attached hydrogens (primary N) is 1. The van der Waals surface area contributed by atoms with Crippen LogP contribution in [0.3, 0.4) is 0 Å². The second kappa shape index (κ2) is 7.02. The molecule has 0 spiro atoms. The predicted octanol–water partition coefficient (Wildman–Crippen LogP) is 4.64. The molecule has 2 rings (SSSR count). The van der Waals surface area contributed by atoms with Crippen LogP contribution in [0.15, 0.2) is 18.2 Å². The van der Waals surface area contributed by atoms with E-state index in [9.17, 15) is 0 Å². The van der Waals surface area contributed by atoms with Gasteiger partial charge in [-0.1, -0.05) is 38.4 Å². The monoisotopic (exact) mass is 308 g/mol. The van der Waals surface area contributed by atoms with Crippen molar-refractivity contribution in [2.75, 3.05) is 18.0 Å². The fraction of sp³-hybridized carbons (Fsp3) is 0.667. The Balaban J connectivity index is 2.24. The van der Waals surface area contributed by atoms with E-state index in [1.165, 1.54) is 30.5 Å². The SMILES string of the molecule is CCC(N)Cc1ccc(Cl)cc1N1CCC(CC)(CC)C1. The second-order valence-electron chi connectivity index (χ2n) is 6.52. The molecule has 0 amide bonds. The zero-order valence-electron chi connectivity index (χ0n) is 13.7. The van der Waals surface area contributed by atoms with Crippen molar-refractivity contribution in [1.82, 2.24) is 0 Å². The number of hydrogen-bond donors (Lipinski definition) is 1. The average Bonchev–Trinajstić information content (AvgIpc) is 2.94. The number of halogens is 1. The van der Waals surface area contributed by atoms with Crippen molar-refractivity contribution in [3.63, 3.8) is 0 Å². The lowest BCUT2D eigenvalue weighted by Gasteiger charge is -2.28. The largest absolute Gasteiger partial charge is 0.371 e. The summed E-state index contributed by atoms with van der Waals surface area (Å²) in [4.78, 5) is 2.52. The zero-order valence-corrected chi connectivity index (χ0v) is 14.4. The molecule has 1 aliphatic heterocycles. The summed E-state index contributed by atoms with van der Waals surface area (Å²) in [6, 6.07) is 6.51. The molecule has 2 N–H and O–H groups in total. The van der Waals surface area contributed by atoms with Crippen LogP contribution in [-0.4, -0.2) is 19.1 Å². The third-order valence-electron chi connectivity index (χ3n) is 5.33. The normalized spacial score (nSPS) is 19.0. The molecule has 0 radical (unpaired) electrons. The van der Waals surface area contributed by atoms with Gasteiger partial charge in [-0.05, 0) is 55.2 Å². The van der Waals surface area contributed by atoms with Gasteiger partial charge in [-0.3, -0.25) is 0 Å². The number of anilines is 1. The predicted molar refractivity (Wildman–Crippen MR) is 93.3 cm³/mol. The van der Waals surface area contributed by atoms with Crippen molar-refractivity contribution in [3.05, 3.63) is 28.8 Å². The number of hydrogen-bond acceptors (Lipinski definition) is 2. The Bertz CT molecular complexity index is 468. The lowest BCUT2D eigenvalue weighted by Crippen LogP contribution is -2.28. The molecular formula is C18H29ClN2. The summed E-state index contributed by atoms with van der Waals surface area (Å²) in [7, 11) is 0. The van der Waals surface area contributed by atoms with Crippen LogP contribution in [0, 0.1) is 5.41 Å². The Labute approximate surface area is 134 Å². The minimum atomic E-state index is 0.231. The van der Waals surface area contributed by atoms with Crippen LogP contribution in [0.5, 0.6) is 0 Å². The van der Waals surface area contributed by atoms with Gasteiger partial charge in [0.15, 0.2) is 0 Å². The Morgan fingerprint density at radius 2 is 2.00 bits per heavy atom. The minimum Gasteiger partial charge on any atom is -0.371 e. The first-order valence-corrected chi connectivity index (χ1v) is 8.70. The highest BCUT2D eigenvalue weighted by Gasteiger charge is 2.35. The Kier molecular flexibility index (Phi) is 5.56. The molecule has 3 heteroatoms. The van der Waals surface area contributed by atoms with E-state index in [0.29, 0.717) is 5.41 Å². The number of nitrogens with zero attached hydrogens (tertiary/aromatic N) is 1. The molecule has 118 valence electrons. The first-order chi connectivity index (χ1) is 10.0. The second-order valence-corrected chi connectivity index (χ2v) is 6.96. The molecule has 1 atom stereocenters. The summed E-state index contributed by atoms with van der Waals surface area (Å²) in [5.41, 5.74) is 9.29. The van der Waals surface area contributed by atoms with Crippen LogP contribution >= 0.6 is 11.6 Å². The number of rotatable bonds is 6. The molecule has 1 unspecified atom stereocenters. The van der Waals surface area contributed by atoms with E-state index in [4.69, 9.17) is 17.3 Å². The van der Waals surface area contributed by atoms with Crippen LogP contribution in [0.1, 0.15) is 52.0 Å². The molecule has 0 bridgehead atoms. The maximum Gasteiger partial charge on any atom is 0.0426 e. The maximum absolute atomic E-state index is 6.25. The van der Waals surface area contributed by atoms with E-state index >= 15 is 0 Å². The van der Waals surface area contributed by atoms with Gasteiger partial charge in [0.2, 0.25) is 0 Å². The summed E-state index contributed by atoms with van der Waals surface area (Å²) in [5, 5.41) is 0.823. The van der Waals surface area contributed by atoms with E-state index < -0.39 is 0 Å². The summed E-state index contributed by atoms with van der Waals surface area (Å²) in [6.45, 7) is 9.07. The molecule has 1 aromatic rings. The van der Waals surface area contributed by atoms with Gasteiger partial charge in [-0.15, -0.1) is 0 Å². The highest BCUT2D eigenvalue weighted by atomic mass is 35.5. The molecule has 1 heterocycles. The standard InChI is InChI=1S/C18H29ClN2/c1-4-16(20)11-14-7-8-15(19)12-17(14)21-10-9-18(5-2,6-3)13-21/h7-8,12,16H,4-6,9-11,13,20H2,1-3H3. The third-order valence-corrected chi connectivity index (χ3v) is 5.57. The first-order valence-electron chi connectivity index (χ1n) is 8.32. The minimum absolute atomic E-state index is 0.231. The van der Waals surface area contributed by atoms with Crippen LogP contribution < -0.4 is 10.6 Å². The highest BCUT2D eigenvalue weighted by molar-refractivity contribution is 6.30. The lowest BCUT2D eigenvalue weighted by atomic mass is 9.82. The summed E-state index contributed by atoms with van der Waals surface area (Å²) >= 11 is 6.25. The van der Waals surface area contributed by atoms with E-state index in [1.807, 2.05) is 6.07 Å². The van der Waals surface area contributed by atoms with Crippen molar-refractivity contribution >= 4 is 17.3 Å². The van der Waals surface area contributed by atoms with Crippen molar-refractivity contribution in [1.29, 1.82) is 0 Å². The molecule has 2 nitrogen and oxygen atoms in total. The van der Waals surface area contributed by atoms with Crippen molar-refractivity contribution < 1.29 is 0 Å². The van der Waals surface area contributed by atoms with Gasteiger partial charge in [0.25, 0.3) is 0 Å². The fourth-order valence-electron chi connectivity index (χ4n) is 3.40. The summed E-state index contributed by atoms with van der Waals surface area (Å²) in [5.74, 6) is 0. The molecule has 0 aromatic heterocycles. The van der Waals surface area contributed by atoms with Crippen LogP contribution in [0.4, 0.5) is 5.69 Å². The van der Waals surface area contributed by atoms with Gasteiger partial charge in [-0.2, -0.15) is 0 Å². The van der Waals surface area contributed by atoms with E-state index in [1.54, 1.807) is 0 Å². The zero-order chi connectivity index (χ0) is 15.5. The van der Waals surface area contributed by atoms with Gasteiger partial charge in [0, 0.05) is 29.8 Å². The Morgan fingerprint density at radius 3 is 2.57 bits per heavy atom. The highest BCUT2D eigenvalue weighted by Crippen LogP contribution is 2.40. The topological polar surface area (TPSA) is 29.3 Å². The first kappa shape index (κ1) is 16.6. The summed E-state index contributed by atoms with van der Waals surface area (Å²) in [6.07, 6.45) is 5.74. The Hall–Kier alpha value is -0.730. The number of benzene rings is 1. The lowest BCUT2D eigenvalue weighted by molar-refractivity contribution is 0.301. The molecule has 1 aromatic carbocycles. The maximum atomic E-state index is 6.25. The molecule has 0 aliphatic carbocycles. The molecule has 0 saturated carbocycles.